The summed E-state index contributed by atoms with van der Waals surface area (Å²) in [7, 11) is 0. The molecule has 5 nitrogen and oxygen atoms in total. The van der Waals surface area contributed by atoms with Crippen molar-refractivity contribution in [2.24, 2.45) is 11.3 Å². The van der Waals surface area contributed by atoms with Gasteiger partial charge in [-0.25, -0.2) is 4.79 Å². The van der Waals surface area contributed by atoms with Gasteiger partial charge in [0.15, 0.2) is 5.82 Å². The first kappa shape index (κ1) is 14.1. The fraction of sp³-hybridized carbons (Fsp3) is 0.692. The van der Waals surface area contributed by atoms with Crippen LogP contribution in [-0.2, 0) is 4.74 Å². The van der Waals surface area contributed by atoms with Crippen LogP contribution in [-0.4, -0.2) is 23.5 Å². The van der Waals surface area contributed by atoms with E-state index in [0.29, 0.717) is 23.5 Å². The highest BCUT2D eigenvalue weighted by atomic mass is 32.1. The SMILES string of the molecule is CCOC(=O)c1c(N)nsc1NCC1(C(C)C)CC1. The summed E-state index contributed by atoms with van der Waals surface area (Å²) in [6.07, 6.45) is 2.47. The summed E-state index contributed by atoms with van der Waals surface area (Å²) in [5.41, 5.74) is 6.49. The molecule has 19 heavy (non-hydrogen) atoms. The lowest BCUT2D eigenvalue weighted by Crippen LogP contribution is -2.21. The van der Waals surface area contributed by atoms with Crippen molar-refractivity contribution >= 4 is 28.3 Å². The molecule has 106 valence electrons. The zero-order valence-electron chi connectivity index (χ0n) is 11.7. The van der Waals surface area contributed by atoms with Gasteiger partial charge in [0, 0.05) is 6.54 Å². The minimum atomic E-state index is -0.398. The molecule has 0 atom stereocenters. The zero-order chi connectivity index (χ0) is 14.0. The van der Waals surface area contributed by atoms with Gasteiger partial charge in [0.1, 0.15) is 10.6 Å². The first-order valence-corrected chi connectivity index (χ1v) is 7.43. The average Bonchev–Trinajstić information content (AvgIpc) is 3.06. The highest BCUT2D eigenvalue weighted by Gasteiger charge is 2.45. The van der Waals surface area contributed by atoms with Gasteiger partial charge >= 0.3 is 5.97 Å². The largest absolute Gasteiger partial charge is 0.462 e. The first-order valence-electron chi connectivity index (χ1n) is 6.66. The fourth-order valence-corrected chi connectivity index (χ4v) is 2.90. The van der Waals surface area contributed by atoms with E-state index in [1.165, 1.54) is 24.4 Å². The first-order chi connectivity index (χ1) is 9.00. The van der Waals surface area contributed by atoms with Crippen LogP contribution in [0.15, 0.2) is 0 Å². The van der Waals surface area contributed by atoms with Crippen LogP contribution in [0.25, 0.3) is 0 Å². The van der Waals surface area contributed by atoms with E-state index >= 15 is 0 Å². The van der Waals surface area contributed by atoms with Crippen molar-refractivity contribution in [1.29, 1.82) is 0 Å². The van der Waals surface area contributed by atoms with E-state index in [-0.39, 0.29) is 5.82 Å². The Morgan fingerprint density at radius 2 is 2.26 bits per heavy atom. The van der Waals surface area contributed by atoms with Crippen LogP contribution < -0.4 is 11.1 Å². The molecule has 3 N–H and O–H groups in total. The summed E-state index contributed by atoms with van der Waals surface area (Å²) in [5.74, 6) is 0.488. The molecule has 2 rings (SSSR count). The lowest BCUT2D eigenvalue weighted by molar-refractivity contribution is 0.0529. The molecule has 1 fully saturated rings. The average molecular weight is 283 g/mol. The molecule has 0 bridgehead atoms. The van der Waals surface area contributed by atoms with Crippen LogP contribution >= 0.6 is 11.5 Å². The molecule has 0 aromatic carbocycles. The highest BCUT2D eigenvalue weighted by molar-refractivity contribution is 7.11. The molecule has 1 aliphatic rings. The van der Waals surface area contributed by atoms with Gasteiger partial charge in [0.2, 0.25) is 0 Å². The molecule has 0 spiro atoms. The fourth-order valence-electron chi connectivity index (χ4n) is 2.20. The Bertz CT molecular complexity index is 466. The van der Waals surface area contributed by atoms with Crippen molar-refractivity contribution in [3.8, 4) is 0 Å². The number of esters is 1. The number of ether oxygens (including phenoxy) is 1. The van der Waals surface area contributed by atoms with Crippen molar-refractivity contribution in [1.82, 2.24) is 4.37 Å². The molecule has 1 saturated carbocycles. The lowest BCUT2D eigenvalue weighted by Gasteiger charge is -2.20. The van der Waals surface area contributed by atoms with Crippen LogP contribution in [0.2, 0.25) is 0 Å². The molecule has 6 heteroatoms. The van der Waals surface area contributed by atoms with E-state index in [9.17, 15) is 4.79 Å². The molecule has 0 aliphatic heterocycles. The van der Waals surface area contributed by atoms with Gasteiger partial charge in [-0.05, 0) is 42.6 Å². The zero-order valence-corrected chi connectivity index (χ0v) is 12.5. The van der Waals surface area contributed by atoms with E-state index < -0.39 is 5.97 Å². The van der Waals surface area contributed by atoms with Gasteiger partial charge in [-0.1, -0.05) is 13.8 Å². The molecule has 0 unspecified atom stereocenters. The maximum absolute atomic E-state index is 11.8. The predicted octanol–water partition coefficient (Wildman–Crippen LogP) is 2.75. The topological polar surface area (TPSA) is 77.2 Å². The maximum Gasteiger partial charge on any atom is 0.344 e. The Kier molecular flexibility index (Phi) is 3.99. The Morgan fingerprint density at radius 1 is 1.58 bits per heavy atom. The number of carbonyl (C=O) groups is 1. The number of nitrogens with two attached hydrogens (primary N) is 1. The summed E-state index contributed by atoms with van der Waals surface area (Å²) in [5, 5.41) is 4.06. The Balaban J connectivity index is 2.07. The van der Waals surface area contributed by atoms with Gasteiger partial charge in [-0.3, -0.25) is 0 Å². The van der Waals surface area contributed by atoms with Crippen LogP contribution in [0.4, 0.5) is 10.8 Å². The number of hydrogen-bond acceptors (Lipinski definition) is 6. The smallest absolute Gasteiger partial charge is 0.344 e. The number of anilines is 2. The summed E-state index contributed by atoms with van der Waals surface area (Å²) in [6.45, 7) is 7.45. The van der Waals surface area contributed by atoms with E-state index in [0.717, 1.165) is 11.5 Å². The van der Waals surface area contributed by atoms with Crippen molar-refractivity contribution in [2.75, 3.05) is 24.2 Å². The second-order valence-corrected chi connectivity index (χ2v) is 6.14. The van der Waals surface area contributed by atoms with E-state index in [2.05, 4.69) is 23.5 Å². The highest BCUT2D eigenvalue weighted by Crippen LogP contribution is 2.52. The number of nitrogens with zero attached hydrogens (tertiary/aromatic N) is 1. The van der Waals surface area contributed by atoms with E-state index in [4.69, 9.17) is 10.5 Å². The third-order valence-corrected chi connectivity index (χ3v) is 4.74. The maximum atomic E-state index is 11.8. The minimum Gasteiger partial charge on any atom is -0.462 e. The van der Waals surface area contributed by atoms with Crippen molar-refractivity contribution in [3.63, 3.8) is 0 Å². The van der Waals surface area contributed by atoms with Crippen LogP contribution in [0.3, 0.4) is 0 Å². The molecule has 1 aliphatic carbocycles. The second kappa shape index (κ2) is 5.36. The Hall–Kier alpha value is -1.30. The third-order valence-electron chi connectivity index (χ3n) is 3.92. The molecule has 1 aromatic heterocycles. The van der Waals surface area contributed by atoms with Crippen molar-refractivity contribution in [2.45, 2.75) is 33.6 Å². The monoisotopic (exact) mass is 283 g/mol. The Labute approximate surface area is 117 Å². The Morgan fingerprint density at radius 3 is 2.79 bits per heavy atom. The second-order valence-electron chi connectivity index (χ2n) is 5.36. The van der Waals surface area contributed by atoms with Gasteiger partial charge in [-0.15, -0.1) is 0 Å². The van der Waals surface area contributed by atoms with E-state index in [1.54, 1.807) is 6.92 Å². The standard InChI is InChI=1S/C13H21N3O2S/c1-4-18-12(17)9-10(14)16-19-11(9)15-7-13(5-6-13)8(2)3/h8,15H,4-7H2,1-3H3,(H2,14,16). The number of carbonyl (C=O) groups excluding carboxylic acids is 1. The van der Waals surface area contributed by atoms with Crippen molar-refractivity contribution < 1.29 is 9.53 Å². The molecule has 0 radical (unpaired) electrons. The summed E-state index contributed by atoms with van der Waals surface area (Å²) < 4.78 is 9.05. The number of aromatic nitrogens is 1. The van der Waals surface area contributed by atoms with Gasteiger partial charge in [0.25, 0.3) is 0 Å². The van der Waals surface area contributed by atoms with Gasteiger partial charge in [-0.2, -0.15) is 4.37 Å². The number of rotatable bonds is 6. The molecule has 1 aromatic rings. The molecule has 0 saturated heterocycles. The predicted molar refractivity (Wildman–Crippen MR) is 77.5 cm³/mol. The van der Waals surface area contributed by atoms with Gasteiger partial charge in [0.05, 0.1) is 6.61 Å². The lowest BCUT2D eigenvalue weighted by atomic mass is 9.92. The number of nitrogens with one attached hydrogen (secondary N) is 1. The number of hydrogen-bond donors (Lipinski definition) is 2. The van der Waals surface area contributed by atoms with Crippen LogP contribution in [0, 0.1) is 11.3 Å². The summed E-state index contributed by atoms with van der Waals surface area (Å²) in [4.78, 5) is 11.8. The third kappa shape index (κ3) is 2.83. The van der Waals surface area contributed by atoms with E-state index in [1.807, 2.05) is 0 Å². The normalized spacial score (nSPS) is 16.4. The summed E-state index contributed by atoms with van der Waals surface area (Å²) in [6, 6.07) is 0. The quantitative estimate of drug-likeness (QED) is 0.785. The van der Waals surface area contributed by atoms with Crippen molar-refractivity contribution in [3.05, 3.63) is 5.56 Å². The molecular weight excluding hydrogens is 262 g/mol. The van der Waals surface area contributed by atoms with Gasteiger partial charge < -0.3 is 15.8 Å². The molecule has 1 heterocycles. The van der Waals surface area contributed by atoms with Crippen LogP contribution in [0.1, 0.15) is 44.0 Å². The number of nitrogen functional groups attached to an aromatic ring is 1. The molecule has 0 amide bonds. The van der Waals surface area contributed by atoms with Crippen LogP contribution in [0.5, 0.6) is 0 Å². The molecular formula is C13H21N3O2S. The summed E-state index contributed by atoms with van der Waals surface area (Å²) >= 11 is 1.22. The minimum absolute atomic E-state index is 0.250.